The molecule has 24 heavy (non-hydrogen) atoms. The number of ketones is 1. The van der Waals surface area contributed by atoms with Crippen LogP contribution >= 0.6 is 0 Å². The summed E-state index contributed by atoms with van der Waals surface area (Å²) in [5.74, 6) is -0.100. The van der Waals surface area contributed by atoms with Gasteiger partial charge in [0.1, 0.15) is 0 Å². The average Bonchev–Trinajstić information content (AvgIpc) is 3.01. The predicted octanol–water partition coefficient (Wildman–Crippen LogP) is 2.25. The van der Waals surface area contributed by atoms with Gasteiger partial charge < -0.3 is 15.1 Å². The number of Topliss-reactive ketones (excluding diaryl/α,β-unsaturated/α-hetero) is 1. The van der Waals surface area contributed by atoms with E-state index in [9.17, 15) is 9.59 Å². The lowest BCUT2D eigenvalue weighted by atomic mass is 9.97. The highest BCUT2D eigenvalue weighted by Crippen LogP contribution is 2.17. The minimum atomic E-state index is -0.122. The Hall–Kier alpha value is -2.40. The van der Waals surface area contributed by atoms with Gasteiger partial charge in [-0.2, -0.15) is 0 Å². The van der Waals surface area contributed by atoms with Crippen molar-refractivity contribution in [3.8, 4) is 0 Å². The summed E-state index contributed by atoms with van der Waals surface area (Å²) in [4.78, 5) is 24.2. The standard InChI is InChI=1S/C19H22N2O3/c22-18(3-4-19(23)21-12-14-7-10-24-13-14)17-2-1-15-5-8-20-9-6-16(15)11-17/h1-2,7,10-11,13,20H,3-6,8-9,12H2,(H,21,23). The SMILES string of the molecule is O=C(CCC(=O)c1ccc2c(c1)CCNCC2)NCc1ccoc1. The third-order valence-electron chi connectivity index (χ3n) is 4.32. The van der Waals surface area contributed by atoms with Crippen molar-refractivity contribution in [2.24, 2.45) is 0 Å². The molecule has 0 spiro atoms. The molecule has 0 bridgehead atoms. The van der Waals surface area contributed by atoms with Crippen molar-refractivity contribution >= 4 is 11.7 Å². The summed E-state index contributed by atoms with van der Waals surface area (Å²) in [6.07, 6.45) is 5.54. The van der Waals surface area contributed by atoms with Crippen molar-refractivity contribution in [3.05, 3.63) is 59.0 Å². The monoisotopic (exact) mass is 326 g/mol. The first-order chi connectivity index (χ1) is 11.7. The molecule has 0 fully saturated rings. The van der Waals surface area contributed by atoms with Crippen molar-refractivity contribution in [1.82, 2.24) is 10.6 Å². The zero-order valence-electron chi connectivity index (χ0n) is 13.6. The second kappa shape index (κ2) is 7.93. The Morgan fingerprint density at radius 3 is 2.71 bits per heavy atom. The fraction of sp³-hybridized carbons (Fsp3) is 0.368. The van der Waals surface area contributed by atoms with Gasteiger partial charge in [-0.15, -0.1) is 0 Å². The summed E-state index contributed by atoms with van der Waals surface area (Å²) in [5.41, 5.74) is 4.18. The van der Waals surface area contributed by atoms with Crippen LogP contribution in [0.1, 0.15) is 39.9 Å². The van der Waals surface area contributed by atoms with Crippen LogP contribution in [0.3, 0.4) is 0 Å². The Kier molecular flexibility index (Phi) is 5.43. The Bertz CT molecular complexity index is 707. The maximum Gasteiger partial charge on any atom is 0.220 e. The molecule has 1 aromatic heterocycles. The summed E-state index contributed by atoms with van der Waals surface area (Å²) >= 11 is 0. The largest absolute Gasteiger partial charge is 0.472 e. The lowest BCUT2D eigenvalue weighted by Gasteiger charge is -2.08. The van der Waals surface area contributed by atoms with Gasteiger partial charge >= 0.3 is 0 Å². The van der Waals surface area contributed by atoms with Gasteiger partial charge in [-0.3, -0.25) is 9.59 Å². The summed E-state index contributed by atoms with van der Waals surface area (Å²) in [5, 5.41) is 6.15. The number of carbonyl (C=O) groups is 2. The predicted molar refractivity (Wildman–Crippen MR) is 90.8 cm³/mol. The molecule has 3 rings (SSSR count). The Balaban J connectivity index is 1.51. The third-order valence-corrected chi connectivity index (χ3v) is 4.32. The van der Waals surface area contributed by atoms with E-state index < -0.39 is 0 Å². The highest BCUT2D eigenvalue weighted by atomic mass is 16.3. The molecule has 5 nitrogen and oxygen atoms in total. The van der Waals surface area contributed by atoms with Gasteiger partial charge in [-0.25, -0.2) is 0 Å². The Morgan fingerprint density at radius 2 is 1.92 bits per heavy atom. The minimum absolute atomic E-state index is 0.0217. The van der Waals surface area contributed by atoms with E-state index in [2.05, 4.69) is 16.7 Å². The first kappa shape index (κ1) is 16.5. The molecular weight excluding hydrogens is 304 g/mol. The normalized spacial score (nSPS) is 13.8. The zero-order chi connectivity index (χ0) is 16.8. The van der Waals surface area contributed by atoms with Crippen LogP contribution < -0.4 is 10.6 Å². The number of hydrogen-bond donors (Lipinski definition) is 2. The number of nitrogens with one attached hydrogen (secondary N) is 2. The summed E-state index contributed by atoms with van der Waals surface area (Å²) in [7, 11) is 0. The van der Waals surface area contributed by atoms with Gasteiger partial charge in [-0.05, 0) is 49.2 Å². The Labute approximate surface area is 141 Å². The molecule has 1 amide bonds. The molecule has 0 atom stereocenters. The number of fused-ring (bicyclic) bond motifs is 1. The number of benzene rings is 1. The molecule has 2 N–H and O–H groups in total. The van der Waals surface area contributed by atoms with Gasteiger partial charge in [0.15, 0.2) is 5.78 Å². The summed E-state index contributed by atoms with van der Waals surface area (Å²) in [6, 6.07) is 7.73. The van der Waals surface area contributed by atoms with Crippen LogP contribution in [0.4, 0.5) is 0 Å². The van der Waals surface area contributed by atoms with Crippen LogP contribution in [-0.4, -0.2) is 24.8 Å². The molecule has 0 aliphatic carbocycles. The zero-order valence-corrected chi connectivity index (χ0v) is 13.6. The molecule has 2 aromatic rings. The number of hydrogen-bond acceptors (Lipinski definition) is 4. The molecule has 5 heteroatoms. The maximum absolute atomic E-state index is 12.3. The molecule has 0 radical (unpaired) electrons. The number of rotatable bonds is 6. The maximum atomic E-state index is 12.3. The lowest BCUT2D eigenvalue weighted by Crippen LogP contribution is -2.23. The van der Waals surface area contributed by atoms with E-state index in [1.165, 1.54) is 11.1 Å². The van der Waals surface area contributed by atoms with Crippen molar-refractivity contribution in [1.29, 1.82) is 0 Å². The van der Waals surface area contributed by atoms with E-state index in [0.29, 0.717) is 12.1 Å². The molecule has 1 aliphatic heterocycles. The third kappa shape index (κ3) is 4.32. The molecule has 1 aromatic carbocycles. The van der Waals surface area contributed by atoms with Gasteiger partial charge in [0.2, 0.25) is 5.91 Å². The molecule has 0 saturated heterocycles. The second-order valence-corrected chi connectivity index (χ2v) is 6.06. The minimum Gasteiger partial charge on any atom is -0.472 e. The number of carbonyl (C=O) groups excluding carboxylic acids is 2. The summed E-state index contributed by atoms with van der Waals surface area (Å²) in [6.45, 7) is 2.35. The van der Waals surface area contributed by atoms with Crippen LogP contribution in [0.15, 0.2) is 41.2 Å². The topological polar surface area (TPSA) is 71.3 Å². The van der Waals surface area contributed by atoms with E-state index in [1.54, 1.807) is 18.6 Å². The molecule has 1 aliphatic rings. The lowest BCUT2D eigenvalue weighted by molar-refractivity contribution is -0.121. The van der Waals surface area contributed by atoms with Crippen molar-refractivity contribution in [2.45, 2.75) is 32.2 Å². The second-order valence-electron chi connectivity index (χ2n) is 6.06. The van der Waals surface area contributed by atoms with Gasteiger partial charge in [-0.1, -0.05) is 12.1 Å². The van der Waals surface area contributed by atoms with Gasteiger partial charge in [0.05, 0.1) is 12.5 Å². The highest BCUT2D eigenvalue weighted by molar-refractivity contribution is 5.98. The van der Waals surface area contributed by atoms with Crippen LogP contribution in [0.25, 0.3) is 0 Å². The van der Waals surface area contributed by atoms with Gasteiger partial charge in [0.25, 0.3) is 0 Å². The number of amides is 1. The average molecular weight is 326 g/mol. The first-order valence-electron chi connectivity index (χ1n) is 8.36. The van der Waals surface area contributed by atoms with Crippen molar-refractivity contribution in [3.63, 3.8) is 0 Å². The van der Waals surface area contributed by atoms with E-state index in [-0.39, 0.29) is 24.5 Å². The van der Waals surface area contributed by atoms with Crippen LogP contribution in [0.5, 0.6) is 0 Å². The first-order valence-corrected chi connectivity index (χ1v) is 8.36. The fourth-order valence-corrected chi connectivity index (χ4v) is 2.90. The number of furan rings is 1. The highest BCUT2D eigenvalue weighted by Gasteiger charge is 2.13. The smallest absolute Gasteiger partial charge is 0.220 e. The van der Waals surface area contributed by atoms with Crippen LogP contribution in [-0.2, 0) is 24.2 Å². The quantitative estimate of drug-likeness (QED) is 0.799. The summed E-state index contributed by atoms with van der Waals surface area (Å²) < 4.78 is 4.95. The van der Waals surface area contributed by atoms with Crippen LogP contribution in [0.2, 0.25) is 0 Å². The fourth-order valence-electron chi connectivity index (χ4n) is 2.90. The van der Waals surface area contributed by atoms with E-state index in [4.69, 9.17) is 4.42 Å². The molecule has 0 saturated carbocycles. The van der Waals surface area contributed by atoms with Crippen molar-refractivity contribution in [2.75, 3.05) is 13.1 Å². The van der Waals surface area contributed by atoms with Crippen molar-refractivity contribution < 1.29 is 14.0 Å². The Morgan fingerprint density at radius 1 is 1.08 bits per heavy atom. The van der Waals surface area contributed by atoms with Crippen LogP contribution in [0, 0.1) is 0 Å². The van der Waals surface area contributed by atoms with E-state index in [0.717, 1.165) is 31.5 Å². The van der Waals surface area contributed by atoms with E-state index in [1.807, 2.05) is 12.1 Å². The molecule has 126 valence electrons. The molecule has 2 heterocycles. The molecular formula is C19H22N2O3. The molecule has 0 unspecified atom stereocenters. The van der Waals surface area contributed by atoms with E-state index >= 15 is 0 Å². The van der Waals surface area contributed by atoms with Gasteiger partial charge in [0, 0.05) is 30.5 Å².